The molecular formula is C14H21N5. The van der Waals surface area contributed by atoms with Gasteiger partial charge in [0.15, 0.2) is 0 Å². The third-order valence-corrected chi connectivity index (χ3v) is 3.98. The number of hydrogen-bond donors (Lipinski definition) is 1. The number of fused-ring (bicyclic) bond motifs is 1. The minimum absolute atomic E-state index is 0.721. The number of nitrogens with one attached hydrogen (secondary N) is 1. The molecule has 0 spiro atoms. The minimum atomic E-state index is 0.721. The van der Waals surface area contributed by atoms with Crippen LogP contribution in [0.5, 0.6) is 0 Å². The van der Waals surface area contributed by atoms with Crippen LogP contribution in [0.4, 0.5) is 0 Å². The van der Waals surface area contributed by atoms with Crippen molar-refractivity contribution in [3.8, 4) is 0 Å². The highest BCUT2D eigenvalue weighted by molar-refractivity contribution is 5.13. The zero-order valence-electron chi connectivity index (χ0n) is 11.6. The van der Waals surface area contributed by atoms with Gasteiger partial charge < -0.3 is 9.47 Å². The molecule has 1 atom stereocenters. The van der Waals surface area contributed by atoms with E-state index < -0.39 is 0 Å². The number of imidazole rings is 1. The summed E-state index contributed by atoms with van der Waals surface area (Å²) >= 11 is 0. The Kier molecular flexibility index (Phi) is 3.38. The maximum absolute atomic E-state index is 4.38. The Morgan fingerprint density at radius 3 is 3.21 bits per heavy atom. The Bertz CT molecular complexity index is 542. The number of aromatic amines is 1. The van der Waals surface area contributed by atoms with E-state index in [4.69, 9.17) is 0 Å². The van der Waals surface area contributed by atoms with Crippen LogP contribution in [0, 0.1) is 12.8 Å². The van der Waals surface area contributed by atoms with E-state index >= 15 is 0 Å². The molecule has 0 saturated carbocycles. The van der Waals surface area contributed by atoms with Gasteiger partial charge in [-0.05, 0) is 26.3 Å². The van der Waals surface area contributed by atoms with Crippen molar-refractivity contribution in [1.82, 2.24) is 24.6 Å². The van der Waals surface area contributed by atoms with Gasteiger partial charge >= 0.3 is 0 Å². The topological polar surface area (TPSA) is 49.7 Å². The van der Waals surface area contributed by atoms with E-state index in [-0.39, 0.29) is 0 Å². The van der Waals surface area contributed by atoms with E-state index in [1.165, 1.54) is 23.5 Å². The lowest BCUT2D eigenvalue weighted by Crippen LogP contribution is -2.31. The van der Waals surface area contributed by atoms with Gasteiger partial charge in [0.25, 0.3) is 0 Å². The Morgan fingerprint density at radius 1 is 1.53 bits per heavy atom. The van der Waals surface area contributed by atoms with Crippen molar-refractivity contribution in [2.45, 2.75) is 32.9 Å². The molecular weight excluding hydrogens is 238 g/mol. The monoisotopic (exact) mass is 259 g/mol. The molecule has 2 aromatic rings. The van der Waals surface area contributed by atoms with Crippen LogP contribution < -0.4 is 0 Å². The lowest BCUT2D eigenvalue weighted by molar-refractivity contribution is 0.229. The number of nitrogens with zero attached hydrogens (tertiary/aromatic N) is 4. The van der Waals surface area contributed by atoms with E-state index in [1.807, 2.05) is 12.4 Å². The standard InChI is InChI=1S/C14H21N5/c1-11-13(7-16-17-11)10-18(2)8-12-3-4-14-15-5-6-19(14)9-12/h5-7,12H,3-4,8-10H2,1-2H3,(H,16,17). The molecule has 5 heteroatoms. The van der Waals surface area contributed by atoms with Gasteiger partial charge in [0, 0.05) is 49.7 Å². The van der Waals surface area contributed by atoms with Crippen molar-refractivity contribution >= 4 is 0 Å². The maximum Gasteiger partial charge on any atom is 0.108 e. The molecule has 1 N–H and O–H groups in total. The first-order chi connectivity index (χ1) is 9.22. The SMILES string of the molecule is Cc1[nH]ncc1CN(C)CC1CCc2nccn2C1. The lowest BCUT2D eigenvalue weighted by Gasteiger charge is -2.28. The number of rotatable bonds is 4. The predicted octanol–water partition coefficient (Wildman–Crippen LogP) is 1.61. The Labute approximate surface area is 113 Å². The highest BCUT2D eigenvalue weighted by atomic mass is 15.1. The van der Waals surface area contributed by atoms with Crippen LogP contribution in [0.3, 0.4) is 0 Å². The number of hydrogen-bond acceptors (Lipinski definition) is 3. The molecule has 1 aliphatic heterocycles. The van der Waals surface area contributed by atoms with Crippen LogP contribution in [0.15, 0.2) is 18.6 Å². The zero-order valence-corrected chi connectivity index (χ0v) is 11.6. The second-order valence-corrected chi connectivity index (χ2v) is 5.62. The molecule has 3 heterocycles. The molecule has 3 rings (SSSR count). The fourth-order valence-electron chi connectivity index (χ4n) is 2.92. The summed E-state index contributed by atoms with van der Waals surface area (Å²) in [6.45, 7) is 5.27. The third-order valence-electron chi connectivity index (χ3n) is 3.98. The van der Waals surface area contributed by atoms with Crippen LogP contribution >= 0.6 is 0 Å². The van der Waals surface area contributed by atoms with Gasteiger partial charge in [0.2, 0.25) is 0 Å². The van der Waals surface area contributed by atoms with Crippen LogP contribution in [-0.2, 0) is 19.5 Å². The molecule has 0 radical (unpaired) electrons. The lowest BCUT2D eigenvalue weighted by atomic mass is 9.99. The van der Waals surface area contributed by atoms with Crippen molar-refractivity contribution in [2.75, 3.05) is 13.6 Å². The fraction of sp³-hybridized carbons (Fsp3) is 0.571. The van der Waals surface area contributed by atoms with Crippen LogP contribution in [0.2, 0.25) is 0 Å². The van der Waals surface area contributed by atoms with E-state index in [2.05, 4.69) is 44.8 Å². The average Bonchev–Trinajstić information content (AvgIpc) is 2.98. The van der Waals surface area contributed by atoms with Crippen molar-refractivity contribution in [3.05, 3.63) is 35.7 Å². The molecule has 1 aliphatic rings. The average molecular weight is 259 g/mol. The molecule has 0 saturated heterocycles. The van der Waals surface area contributed by atoms with Gasteiger partial charge in [0.1, 0.15) is 5.82 Å². The summed E-state index contributed by atoms with van der Waals surface area (Å²) in [6, 6.07) is 0. The molecule has 0 amide bonds. The first-order valence-corrected chi connectivity index (χ1v) is 6.90. The third kappa shape index (κ3) is 2.71. The largest absolute Gasteiger partial charge is 0.335 e. The molecule has 1 unspecified atom stereocenters. The van der Waals surface area contributed by atoms with E-state index in [0.29, 0.717) is 0 Å². The molecule has 0 bridgehead atoms. The van der Waals surface area contributed by atoms with Gasteiger partial charge in [-0.1, -0.05) is 0 Å². The first kappa shape index (κ1) is 12.4. The summed E-state index contributed by atoms with van der Waals surface area (Å²) in [5.74, 6) is 1.96. The number of aromatic nitrogens is 4. The predicted molar refractivity (Wildman–Crippen MR) is 73.7 cm³/mol. The Hall–Kier alpha value is -1.62. The van der Waals surface area contributed by atoms with Crippen molar-refractivity contribution < 1.29 is 0 Å². The summed E-state index contributed by atoms with van der Waals surface area (Å²) in [6.07, 6.45) is 8.29. The highest BCUT2D eigenvalue weighted by Gasteiger charge is 2.20. The van der Waals surface area contributed by atoms with Crippen molar-refractivity contribution in [2.24, 2.45) is 5.92 Å². The summed E-state index contributed by atoms with van der Waals surface area (Å²) in [5, 5.41) is 7.08. The molecule has 2 aromatic heterocycles. The molecule has 102 valence electrons. The van der Waals surface area contributed by atoms with Crippen LogP contribution in [0.25, 0.3) is 0 Å². The normalized spacial score (nSPS) is 18.8. The molecule has 5 nitrogen and oxygen atoms in total. The highest BCUT2D eigenvalue weighted by Crippen LogP contribution is 2.20. The quantitative estimate of drug-likeness (QED) is 0.907. The van der Waals surface area contributed by atoms with Gasteiger partial charge in [0.05, 0.1) is 6.20 Å². The van der Waals surface area contributed by atoms with Crippen LogP contribution in [-0.4, -0.2) is 38.2 Å². The number of H-pyrrole nitrogens is 1. The van der Waals surface area contributed by atoms with E-state index in [9.17, 15) is 0 Å². The summed E-state index contributed by atoms with van der Waals surface area (Å²) in [5.41, 5.74) is 2.47. The van der Waals surface area contributed by atoms with Crippen molar-refractivity contribution in [1.29, 1.82) is 0 Å². The smallest absolute Gasteiger partial charge is 0.108 e. The van der Waals surface area contributed by atoms with Gasteiger partial charge in [-0.3, -0.25) is 5.10 Å². The summed E-state index contributed by atoms with van der Waals surface area (Å²) in [7, 11) is 2.19. The maximum atomic E-state index is 4.38. The first-order valence-electron chi connectivity index (χ1n) is 6.90. The van der Waals surface area contributed by atoms with Gasteiger partial charge in [-0.2, -0.15) is 5.10 Å². The van der Waals surface area contributed by atoms with Crippen LogP contribution in [0.1, 0.15) is 23.5 Å². The van der Waals surface area contributed by atoms with Crippen molar-refractivity contribution in [3.63, 3.8) is 0 Å². The van der Waals surface area contributed by atoms with Gasteiger partial charge in [-0.15, -0.1) is 0 Å². The fourth-order valence-corrected chi connectivity index (χ4v) is 2.92. The second kappa shape index (κ2) is 5.17. The molecule has 0 aromatic carbocycles. The Balaban J connectivity index is 1.56. The molecule has 0 fully saturated rings. The summed E-state index contributed by atoms with van der Waals surface area (Å²) < 4.78 is 2.30. The minimum Gasteiger partial charge on any atom is -0.335 e. The van der Waals surface area contributed by atoms with E-state index in [1.54, 1.807) is 0 Å². The van der Waals surface area contributed by atoms with Gasteiger partial charge in [-0.25, -0.2) is 4.98 Å². The van der Waals surface area contributed by atoms with E-state index in [0.717, 1.165) is 32.0 Å². The Morgan fingerprint density at radius 2 is 2.42 bits per heavy atom. The zero-order chi connectivity index (χ0) is 13.2. The molecule has 0 aliphatic carbocycles. The number of aryl methyl sites for hydroxylation is 2. The second-order valence-electron chi connectivity index (χ2n) is 5.62. The molecule has 19 heavy (non-hydrogen) atoms. The summed E-state index contributed by atoms with van der Waals surface area (Å²) in [4.78, 5) is 6.77.